The second-order valence-electron chi connectivity index (χ2n) is 5.67. The largest absolute Gasteiger partial charge is 0.491 e. The average molecular weight is 282 g/mol. The molecule has 0 saturated carbocycles. The van der Waals surface area contributed by atoms with Crippen LogP contribution in [0.15, 0.2) is 54.6 Å². The van der Waals surface area contributed by atoms with Crippen molar-refractivity contribution in [1.29, 1.82) is 0 Å². The summed E-state index contributed by atoms with van der Waals surface area (Å²) >= 11 is 0. The number of benzene rings is 2. The SMILES string of the molecule is CCCCCCC(C)Oc1ccc(-c2ccccc2)cc1. The third kappa shape index (κ3) is 5.26. The van der Waals surface area contributed by atoms with Crippen LogP contribution in [0, 0.1) is 0 Å². The van der Waals surface area contributed by atoms with Crippen LogP contribution in [0.2, 0.25) is 0 Å². The molecule has 0 aliphatic carbocycles. The van der Waals surface area contributed by atoms with E-state index >= 15 is 0 Å². The van der Waals surface area contributed by atoms with Crippen LogP contribution in [0.25, 0.3) is 11.1 Å². The summed E-state index contributed by atoms with van der Waals surface area (Å²) in [6.45, 7) is 4.41. The molecule has 0 spiro atoms. The van der Waals surface area contributed by atoms with Gasteiger partial charge >= 0.3 is 0 Å². The highest BCUT2D eigenvalue weighted by molar-refractivity contribution is 5.63. The summed E-state index contributed by atoms with van der Waals surface area (Å²) in [5.41, 5.74) is 2.48. The highest BCUT2D eigenvalue weighted by Crippen LogP contribution is 2.23. The Balaban J connectivity index is 1.85. The summed E-state index contributed by atoms with van der Waals surface area (Å²) in [7, 11) is 0. The Morgan fingerprint density at radius 3 is 2.14 bits per heavy atom. The van der Waals surface area contributed by atoms with Gasteiger partial charge in [-0.1, -0.05) is 68.7 Å². The molecule has 0 N–H and O–H groups in total. The summed E-state index contributed by atoms with van der Waals surface area (Å²) in [6.07, 6.45) is 6.63. The fraction of sp³-hybridized carbons (Fsp3) is 0.400. The maximum Gasteiger partial charge on any atom is 0.119 e. The Bertz CT molecular complexity index is 501. The highest BCUT2D eigenvalue weighted by atomic mass is 16.5. The van der Waals surface area contributed by atoms with Crippen molar-refractivity contribution < 1.29 is 4.74 Å². The van der Waals surface area contributed by atoms with E-state index in [1.807, 2.05) is 6.07 Å². The molecule has 0 amide bonds. The Kier molecular flexibility index (Phi) is 6.33. The van der Waals surface area contributed by atoms with Gasteiger partial charge in [-0.3, -0.25) is 0 Å². The molecule has 1 unspecified atom stereocenters. The highest BCUT2D eigenvalue weighted by Gasteiger charge is 2.04. The first kappa shape index (κ1) is 15.6. The van der Waals surface area contributed by atoms with Gasteiger partial charge in [-0.15, -0.1) is 0 Å². The van der Waals surface area contributed by atoms with Crippen molar-refractivity contribution in [1.82, 2.24) is 0 Å². The molecule has 0 aliphatic heterocycles. The monoisotopic (exact) mass is 282 g/mol. The predicted octanol–water partition coefficient (Wildman–Crippen LogP) is 6.09. The topological polar surface area (TPSA) is 9.23 Å². The minimum atomic E-state index is 0.296. The van der Waals surface area contributed by atoms with Gasteiger partial charge in [0.15, 0.2) is 0 Å². The van der Waals surface area contributed by atoms with E-state index in [9.17, 15) is 0 Å². The Morgan fingerprint density at radius 1 is 0.810 bits per heavy atom. The summed E-state index contributed by atoms with van der Waals surface area (Å²) in [6, 6.07) is 18.9. The first-order valence-corrected chi connectivity index (χ1v) is 8.11. The minimum Gasteiger partial charge on any atom is -0.491 e. The summed E-state index contributed by atoms with van der Waals surface area (Å²) in [4.78, 5) is 0. The lowest BCUT2D eigenvalue weighted by molar-refractivity contribution is 0.206. The zero-order valence-corrected chi connectivity index (χ0v) is 13.2. The quantitative estimate of drug-likeness (QED) is 0.532. The molecule has 0 saturated heterocycles. The second-order valence-corrected chi connectivity index (χ2v) is 5.67. The molecule has 1 nitrogen and oxygen atoms in total. The lowest BCUT2D eigenvalue weighted by Gasteiger charge is -2.15. The second kappa shape index (κ2) is 8.51. The Morgan fingerprint density at radius 2 is 1.48 bits per heavy atom. The summed E-state index contributed by atoms with van der Waals surface area (Å²) < 4.78 is 5.99. The van der Waals surface area contributed by atoms with E-state index in [0.717, 1.165) is 12.2 Å². The maximum atomic E-state index is 5.99. The molecule has 2 aromatic carbocycles. The van der Waals surface area contributed by atoms with Gasteiger partial charge in [-0.25, -0.2) is 0 Å². The van der Waals surface area contributed by atoms with Gasteiger partial charge in [0.05, 0.1) is 6.10 Å². The molecule has 0 radical (unpaired) electrons. The fourth-order valence-electron chi connectivity index (χ4n) is 2.51. The molecule has 0 aliphatic rings. The standard InChI is InChI=1S/C20H26O/c1-3-4-5-7-10-17(2)21-20-15-13-19(14-16-20)18-11-8-6-9-12-18/h6,8-9,11-17H,3-5,7,10H2,1-2H3. The van der Waals surface area contributed by atoms with Crippen molar-refractivity contribution in [3.8, 4) is 16.9 Å². The number of hydrogen-bond acceptors (Lipinski definition) is 1. The molecule has 2 rings (SSSR count). The van der Waals surface area contributed by atoms with E-state index in [1.165, 1.54) is 36.8 Å². The third-order valence-corrected chi connectivity index (χ3v) is 3.76. The van der Waals surface area contributed by atoms with Crippen LogP contribution in [-0.2, 0) is 0 Å². The van der Waals surface area contributed by atoms with Crippen LogP contribution < -0.4 is 4.74 Å². The summed E-state index contributed by atoms with van der Waals surface area (Å²) in [5, 5.41) is 0. The van der Waals surface area contributed by atoms with E-state index in [0.29, 0.717) is 6.10 Å². The van der Waals surface area contributed by atoms with Gasteiger partial charge in [0.25, 0.3) is 0 Å². The minimum absolute atomic E-state index is 0.296. The van der Waals surface area contributed by atoms with Crippen LogP contribution in [0.4, 0.5) is 0 Å². The van der Waals surface area contributed by atoms with Crippen molar-refractivity contribution in [3.05, 3.63) is 54.6 Å². The lowest BCUT2D eigenvalue weighted by atomic mass is 10.1. The molecular formula is C20H26O. The van der Waals surface area contributed by atoms with E-state index in [-0.39, 0.29) is 0 Å². The maximum absolute atomic E-state index is 5.99. The number of rotatable bonds is 8. The Hall–Kier alpha value is -1.76. The van der Waals surface area contributed by atoms with E-state index in [2.05, 4.69) is 62.4 Å². The van der Waals surface area contributed by atoms with Crippen LogP contribution in [0.5, 0.6) is 5.75 Å². The molecule has 2 aromatic rings. The van der Waals surface area contributed by atoms with Gasteiger partial charge in [0.1, 0.15) is 5.75 Å². The third-order valence-electron chi connectivity index (χ3n) is 3.76. The van der Waals surface area contributed by atoms with Gasteiger partial charge in [-0.05, 0) is 43.0 Å². The number of hydrogen-bond donors (Lipinski definition) is 0. The molecule has 0 aromatic heterocycles. The molecule has 1 heteroatoms. The first-order chi connectivity index (χ1) is 10.3. The molecular weight excluding hydrogens is 256 g/mol. The average Bonchev–Trinajstić information content (AvgIpc) is 2.53. The first-order valence-electron chi connectivity index (χ1n) is 8.11. The van der Waals surface area contributed by atoms with Crippen molar-refractivity contribution in [2.24, 2.45) is 0 Å². The van der Waals surface area contributed by atoms with Gasteiger partial charge in [0.2, 0.25) is 0 Å². The van der Waals surface area contributed by atoms with Crippen LogP contribution >= 0.6 is 0 Å². The van der Waals surface area contributed by atoms with E-state index < -0.39 is 0 Å². The van der Waals surface area contributed by atoms with Gasteiger partial charge in [-0.2, -0.15) is 0 Å². The smallest absolute Gasteiger partial charge is 0.119 e. The molecule has 1 atom stereocenters. The molecule has 0 fully saturated rings. The fourth-order valence-corrected chi connectivity index (χ4v) is 2.51. The van der Waals surface area contributed by atoms with Crippen LogP contribution in [0.3, 0.4) is 0 Å². The molecule has 112 valence electrons. The van der Waals surface area contributed by atoms with Crippen LogP contribution in [-0.4, -0.2) is 6.10 Å². The lowest BCUT2D eigenvalue weighted by Crippen LogP contribution is -2.11. The number of unbranched alkanes of at least 4 members (excludes halogenated alkanes) is 3. The predicted molar refractivity (Wildman–Crippen MR) is 90.7 cm³/mol. The van der Waals surface area contributed by atoms with Gasteiger partial charge < -0.3 is 4.74 Å². The summed E-state index contributed by atoms with van der Waals surface area (Å²) in [5.74, 6) is 0.970. The zero-order chi connectivity index (χ0) is 14.9. The molecule has 0 bridgehead atoms. The molecule has 0 heterocycles. The van der Waals surface area contributed by atoms with Crippen molar-refractivity contribution in [2.45, 2.75) is 52.1 Å². The zero-order valence-electron chi connectivity index (χ0n) is 13.2. The van der Waals surface area contributed by atoms with Crippen molar-refractivity contribution >= 4 is 0 Å². The normalized spacial score (nSPS) is 12.1. The Labute approximate surface area is 129 Å². The van der Waals surface area contributed by atoms with Crippen molar-refractivity contribution in [3.63, 3.8) is 0 Å². The van der Waals surface area contributed by atoms with Gasteiger partial charge in [0, 0.05) is 0 Å². The molecule has 21 heavy (non-hydrogen) atoms. The van der Waals surface area contributed by atoms with E-state index in [1.54, 1.807) is 0 Å². The van der Waals surface area contributed by atoms with E-state index in [4.69, 9.17) is 4.74 Å². The van der Waals surface area contributed by atoms with Crippen molar-refractivity contribution in [2.75, 3.05) is 0 Å². The van der Waals surface area contributed by atoms with Crippen LogP contribution in [0.1, 0.15) is 46.0 Å². The number of ether oxygens (including phenoxy) is 1.